The maximum atomic E-state index is 12.6. The fraction of sp³-hybridized carbons (Fsp3) is 0.200. The third-order valence-electron chi connectivity index (χ3n) is 2.36. The summed E-state index contributed by atoms with van der Waals surface area (Å²) in [5.41, 5.74) is -0.631. The Hall–Kier alpha value is -1.30. The number of benzene rings is 1. The standard InChI is InChI=1S/C10H7F3O2S/c1-6-5-16(14,15)9-7(6)3-2-4-8(9)10(11,12)13/h2-5H,1H3. The molecule has 0 atom stereocenters. The van der Waals surface area contributed by atoms with Crippen molar-refractivity contribution in [2.75, 3.05) is 0 Å². The lowest BCUT2D eigenvalue weighted by atomic mass is 10.1. The fourth-order valence-electron chi connectivity index (χ4n) is 1.73. The first-order valence-electron chi connectivity index (χ1n) is 4.37. The Bertz CT molecular complexity index is 583. The molecule has 0 fully saturated rings. The van der Waals surface area contributed by atoms with E-state index in [1.54, 1.807) is 0 Å². The number of rotatable bonds is 0. The first kappa shape index (κ1) is 11.2. The lowest BCUT2D eigenvalue weighted by Crippen LogP contribution is -2.11. The Labute approximate surface area is 90.3 Å². The molecule has 1 aliphatic rings. The molecule has 1 aliphatic heterocycles. The van der Waals surface area contributed by atoms with Crippen LogP contribution in [0.25, 0.3) is 5.57 Å². The van der Waals surface area contributed by atoms with Crippen molar-refractivity contribution >= 4 is 15.4 Å². The van der Waals surface area contributed by atoms with Gasteiger partial charge in [-0.25, -0.2) is 8.42 Å². The number of alkyl halides is 3. The van der Waals surface area contributed by atoms with E-state index in [9.17, 15) is 21.6 Å². The van der Waals surface area contributed by atoms with Gasteiger partial charge in [0.15, 0.2) is 0 Å². The molecule has 0 aromatic heterocycles. The van der Waals surface area contributed by atoms with Gasteiger partial charge in [-0.05, 0) is 24.1 Å². The lowest BCUT2D eigenvalue weighted by molar-refractivity contribution is -0.139. The normalized spacial score (nSPS) is 18.1. The molecule has 0 bridgehead atoms. The molecule has 0 saturated heterocycles. The Balaban J connectivity index is 2.84. The van der Waals surface area contributed by atoms with E-state index >= 15 is 0 Å². The molecule has 0 amide bonds. The number of sulfone groups is 1. The van der Waals surface area contributed by atoms with Crippen LogP contribution in [0.1, 0.15) is 18.1 Å². The van der Waals surface area contributed by atoms with Crippen LogP contribution in [-0.2, 0) is 16.0 Å². The molecule has 1 heterocycles. The van der Waals surface area contributed by atoms with Crippen LogP contribution in [0, 0.1) is 0 Å². The number of allylic oxidation sites excluding steroid dienone is 1. The smallest absolute Gasteiger partial charge is 0.219 e. The number of fused-ring (bicyclic) bond motifs is 1. The average molecular weight is 248 g/mol. The predicted octanol–water partition coefficient (Wildman–Crippen LogP) is 2.85. The second-order valence-corrected chi connectivity index (χ2v) is 5.26. The van der Waals surface area contributed by atoms with E-state index in [0.29, 0.717) is 5.57 Å². The first-order valence-corrected chi connectivity index (χ1v) is 5.92. The Kier molecular flexibility index (Phi) is 2.17. The average Bonchev–Trinajstić information content (AvgIpc) is 2.36. The maximum absolute atomic E-state index is 12.6. The van der Waals surface area contributed by atoms with E-state index in [4.69, 9.17) is 0 Å². The van der Waals surface area contributed by atoms with Crippen molar-refractivity contribution < 1.29 is 21.6 Å². The zero-order chi connectivity index (χ0) is 12.1. The van der Waals surface area contributed by atoms with Gasteiger partial charge in [0.2, 0.25) is 9.84 Å². The van der Waals surface area contributed by atoms with E-state index in [1.165, 1.54) is 19.1 Å². The van der Waals surface area contributed by atoms with Crippen LogP contribution in [0.4, 0.5) is 13.2 Å². The topological polar surface area (TPSA) is 34.1 Å². The highest BCUT2D eigenvalue weighted by Crippen LogP contribution is 2.42. The minimum atomic E-state index is -4.66. The highest BCUT2D eigenvalue weighted by Gasteiger charge is 2.40. The van der Waals surface area contributed by atoms with E-state index in [0.717, 1.165) is 11.5 Å². The molecule has 1 aromatic carbocycles. The summed E-state index contributed by atoms with van der Waals surface area (Å²) in [6.07, 6.45) is -4.66. The minimum absolute atomic E-state index is 0.134. The summed E-state index contributed by atoms with van der Waals surface area (Å²) in [7, 11) is -3.95. The summed E-state index contributed by atoms with van der Waals surface area (Å²) in [5, 5.41) is 0.868. The van der Waals surface area contributed by atoms with Crippen molar-refractivity contribution in [2.45, 2.75) is 18.0 Å². The van der Waals surface area contributed by atoms with Crippen molar-refractivity contribution in [3.05, 3.63) is 34.7 Å². The summed E-state index contributed by atoms with van der Waals surface area (Å²) in [6.45, 7) is 1.48. The van der Waals surface area contributed by atoms with Crippen LogP contribution < -0.4 is 0 Å². The molecule has 0 saturated carbocycles. The molecule has 0 radical (unpaired) electrons. The molecule has 0 N–H and O–H groups in total. The van der Waals surface area contributed by atoms with Gasteiger partial charge < -0.3 is 0 Å². The van der Waals surface area contributed by atoms with Crippen molar-refractivity contribution in [2.24, 2.45) is 0 Å². The van der Waals surface area contributed by atoms with Gasteiger partial charge in [0.05, 0.1) is 10.5 Å². The second kappa shape index (κ2) is 3.10. The fourth-order valence-corrected chi connectivity index (χ4v) is 3.47. The molecule has 0 unspecified atom stereocenters. The molecule has 6 heteroatoms. The van der Waals surface area contributed by atoms with Crippen LogP contribution in [-0.4, -0.2) is 8.42 Å². The van der Waals surface area contributed by atoms with Crippen molar-refractivity contribution in [3.8, 4) is 0 Å². The molecular weight excluding hydrogens is 241 g/mol. The van der Waals surface area contributed by atoms with Gasteiger partial charge in [-0.2, -0.15) is 13.2 Å². The SMILES string of the molecule is CC1=CS(=O)(=O)c2c1cccc2C(F)(F)F. The lowest BCUT2D eigenvalue weighted by Gasteiger charge is -2.11. The third-order valence-corrected chi connectivity index (χ3v) is 4.03. The molecule has 2 rings (SSSR count). The highest BCUT2D eigenvalue weighted by molar-refractivity contribution is 7.95. The predicted molar refractivity (Wildman–Crippen MR) is 52.3 cm³/mol. The third kappa shape index (κ3) is 1.53. The Morgan fingerprint density at radius 2 is 1.81 bits per heavy atom. The van der Waals surface area contributed by atoms with Crippen molar-refractivity contribution in [3.63, 3.8) is 0 Å². The summed E-state index contributed by atoms with van der Waals surface area (Å²) in [4.78, 5) is -0.625. The van der Waals surface area contributed by atoms with Gasteiger partial charge in [-0.15, -0.1) is 0 Å². The number of hydrogen-bond acceptors (Lipinski definition) is 2. The maximum Gasteiger partial charge on any atom is 0.417 e. The monoisotopic (exact) mass is 248 g/mol. The highest BCUT2D eigenvalue weighted by atomic mass is 32.2. The molecule has 86 valence electrons. The summed E-state index contributed by atoms with van der Waals surface area (Å²) in [6, 6.07) is 3.36. The zero-order valence-electron chi connectivity index (χ0n) is 8.17. The largest absolute Gasteiger partial charge is 0.417 e. The van der Waals surface area contributed by atoms with Crippen molar-refractivity contribution in [1.29, 1.82) is 0 Å². The summed E-state index contributed by atoms with van der Waals surface area (Å²) < 4.78 is 61.0. The zero-order valence-corrected chi connectivity index (χ0v) is 8.98. The molecule has 1 aromatic rings. The first-order chi connectivity index (χ1) is 7.23. The van der Waals surface area contributed by atoms with Crippen LogP contribution in [0.2, 0.25) is 0 Å². The van der Waals surface area contributed by atoms with Crippen LogP contribution in [0.5, 0.6) is 0 Å². The Morgan fingerprint density at radius 3 is 2.38 bits per heavy atom. The van der Waals surface area contributed by atoms with Crippen LogP contribution in [0.15, 0.2) is 28.5 Å². The molecule has 0 spiro atoms. The van der Waals surface area contributed by atoms with Gasteiger partial charge in [-0.3, -0.25) is 0 Å². The van der Waals surface area contributed by atoms with Gasteiger partial charge in [0.1, 0.15) is 0 Å². The summed E-state index contributed by atoms with van der Waals surface area (Å²) >= 11 is 0. The quantitative estimate of drug-likeness (QED) is 0.707. The van der Waals surface area contributed by atoms with Crippen LogP contribution in [0.3, 0.4) is 0 Å². The number of hydrogen-bond donors (Lipinski definition) is 0. The van der Waals surface area contributed by atoms with E-state index < -0.39 is 26.5 Å². The second-order valence-electron chi connectivity index (χ2n) is 3.53. The summed E-state index contributed by atoms with van der Waals surface area (Å²) in [5.74, 6) is 0. The van der Waals surface area contributed by atoms with Gasteiger partial charge in [-0.1, -0.05) is 12.1 Å². The van der Waals surface area contributed by atoms with Crippen LogP contribution >= 0.6 is 0 Å². The van der Waals surface area contributed by atoms with E-state index in [1.807, 2.05) is 0 Å². The van der Waals surface area contributed by atoms with Gasteiger partial charge in [0, 0.05) is 5.41 Å². The van der Waals surface area contributed by atoms with E-state index in [2.05, 4.69) is 0 Å². The molecule has 2 nitrogen and oxygen atoms in total. The number of halogens is 3. The minimum Gasteiger partial charge on any atom is -0.219 e. The van der Waals surface area contributed by atoms with Crippen molar-refractivity contribution in [1.82, 2.24) is 0 Å². The molecule has 16 heavy (non-hydrogen) atoms. The molecule has 0 aliphatic carbocycles. The van der Waals surface area contributed by atoms with E-state index in [-0.39, 0.29) is 5.56 Å². The molecular formula is C10H7F3O2S. The van der Waals surface area contributed by atoms with Gasteiger partial charge >= 0.3 is 6.18 Å². The Morgan fingerprint density at radius 1 is 1.19 bits per heavy atom. The van der Waals surface area contributed by atoms with Gasteiger partial charge in [0.25, 0.3) is 0 Å².